The van der Waals surface area contributed by atoms with E-state index in [1.807, 2.05) is 12.1 Å². The summed E-state index contributed by atoms with van der Waals surface area (Å²) in [6.45, 7) is 0. The van der Waals surface area contributed by atoms with Gasteiger partial charge >= 0.3 is 0 Å². The van der Waals surface area contributed by atoms with E-state index in [2.05, 4.69) is 0 Å². The van der Waals surface area contributed by atoms with Crippen LogP contribution in [0.25, 0.3) is 0 Å². The number of benzene rings is 2. The first-order valence-electron chi connectivity index (χ1n) is 5.99. The first kappa shape index (κ1) is 14.0. The molecule has 0 aliphatic carbocycles. The second kappa shape index (κ2) is 5.72. The fourth-order valence-electron chi connectivity index (χ4n) is 1.94. The predicted molar refractivity (Wildman–Crippen MR) is 77.0 cm³/mol. The zero-order valence-electron chi connectivity index (χ0n) is 11.1. The van der Waals surface area contributed by atoms with Gasteiger partial charge in [0.25, 0.3) is 5.69 Å². The van der Waals surface area contributed by atoms with Crippen molar-refractivity contribution in [2.24, 2.45) is 0 Å². The van der Waals surface area contributed by atoms with E-state index in [4.69, 9.17) is 10.5 Å². The molecule has 0 saturated heterocycles. The Labute approximate surface area is 121 Å². The van der Waals surface area contributed by atoms with E-state index >= 15 is 0 Å². The molecule has 0 unspecified atom stereocenters. The average molecular weight is 278 g/mol. The van der Waals surface area contributed by atoms with Crippen LogP contribution in [-0.2, 0) is 0 Å². The fourth-order valence-corrected chi connectivity index (χ4v) is 1.94. The highest BCUT2D eigenvalue weighted by molar-refractivity contribution is 5.73. The van der Waals surface area contributed by atoms with Crippen molar-refractivity contribution >= 4 is 17.1 Å². The summed E-state index contributed by atoms with van der Waals surface area (Å²) in [5.74, 6) is 0. The van der Waals surface area contributed by atoms with Crippen LogP contribution in [0.15, 0.2) is 42.5 Å². The number of hydrogen-bond donors (Lipinski definition) is 0. The van der Waals surface area contributed by atoms with Gasteiger partial charge in [-0.3, -0.25) is 10.1 Å². The molecule has 0 saturated carbocycles. The predicted octanol–water partition coefficient (Wildman–Crippen LogP) is 3.11. The largest absolute Gasteiger partial charge is 0.339 e. The van der Waals surface area contributed by atoms with Crippen LogP contribution in [0, 0.1) is 32.8 Å². The summed E-state index contributed by atoms with van der Waals surface area (Å²) in [4.78, 5) is 12.2. The average Bonchev–Trinajstić information content (AvgIpc) is 2.53. The lowest BCUT2D eigenvalue weighted by atomic mass is 10.1. The zero-order valence-corrected chi connectivity index (χ0v) is 11.1. The van der Waals surface area contributed by atoms with E-state index in [1.54, 1.807) is 36.2 Å². The van der Waals surface area contributed by atoms with E-state index in [9.17, 15) is 10.1 Å². The van der Waals surface area contributed by atoms with Crippen molar-refractivity contribution in [3.63, 3.8) is 0 Å². The van der Waals surface area contributed by atoms with Gasteiger partial charge in [-0.1, -0.05) is 6.07 Å². The standard InChI is InChI=1S/C15H10N4O2/c1-18(13-4-2-3-11(7-13)9-16)15-8-12(10-17)5-6-14(15)19(20)21/h2-8H,1H3. The van der Waals surface area contributed by atoms with E-state index < -0.39 is 4.92 Å². The Morgan fingerprint density at radius 3 is 2.38 bits per heavy atom. The van der Waals surface area contributed by atoms with Crippen molar-refractivity contribution in [2.45, 2.75) is 0 Å². The summed E-state index contributed by atoms with van der Waals surface area (Å²) in [5, 5.41) is 29.0. The maximum atomic E-state index is 11.1. The third kappa shape index (κ3) is 2.80. The van der Waals surface area contributed by atoms with Crippen molar-refractivity contribution in [3.05, 3.63) is 63.7 Å². The Balaban J connectivity index is 2.56. The molecule has 0 aromatic heterocycles. The number of anilines is 2. The van der Waals surface area contributed by atoms with Crippen LogP contribution in [0.5, 0.6) is 0 Å². The number of nitrogens with zero attached hydrogens (tertiary/aromatic N) is 4. The molecule has 0 aliphatic rings. The minimum atomic E-state index is -0.499. The van der Waals surface area contributed by atoms with E-state index in [0.717, 1.165) is 0 Å². The van der Waals surface area contributed by atoms with E-state index in [-0.39, 0.29) is 5.69 Å². The Morgan fingerprint density at radius 1 is 1.10 bits per heavy atom. The molecule has 102 valence electrons. The topological polar surface area (TPSA) is 94.0 Å². The highest BCUT2D eigenvalue weighted by Gasteiger charge is 2.19. The number of hydrogen-bond acceptors (Lipinski definition) is 5. The molecule has 0 aliphatic heterocycles. The first-order valence-corrected chi connectivity index (χ1v) is 5.99. The minimum Gasteiger partial charge on any atom is -0.339 e. The molecule has 2 aromatic carbocycles. The third-order valence-corrected chi connectivity index (χ3v) is 3.03. The van der Waals surface area contributed by atoms with Crippen LogP contribution in [-0.4, -0.2) is 12.0 Å². The monoisotopic (exact) mass is 278 g/mol. The van der Waals surface area contributed by atoms with Crippen LogP contribution in [0.4, 0.5) is 17.1 Å². The van der Waals surface area contributed by atoms with Gasteiger partial charge in [-0.05, 0) is 30.3 Å². The normalized spacial score (nSPS) is 9.48. The molecule has 0 N–H and O–H groups in total. The molecule has 6 nitrogen and oxygen atoms in total. The Kier molecular flexibility index (Phi) is 3.83. The van der Waals surface area contributed by atoms with Crippen LogP contribution in [0.1, 0.15) is 11.1 Å². The molecule has 21 heavy (non-hydrogen) atoms. The summed E-state index contributed by atoms with van der Waals surface area (Å²) in [6.07, 6.45) is 0. The van der Waals surface area contributed by atoms with Crippen molar-refractivity contribution in [1.29, 1.82) is 10.5 Å². The highest BCUT2D eigenvalue weighted by atomic mass is 16.6. The molecule has 0 bridgehead atoms. The lowest BCUT2D eigenvalue weighted by molar-refractivity contribution is -0.384. The van der Waals surface area contributed by atoms with Crippen LogP contribution < -0.4 is 4.90 Å². The van der Waals surface area contributed by atoms with Crippen molar-refractivity contribution in [3.8, 4) is 12.1 Å². The summed E-state index contributed by atoms with van der Waals surface area (Å²) < 4.78 is 0. The molecule has 0 fully saturated rings. The molecule has 0 amide bonds. The summed E-state index contributed by atoms with van der Waals surface area (Å²) >= 11 is 0. The summed E-state index contributed by atoms with van der Waals surface area (Å²) in [6, 6.07) is 14.9. The lowest BCUT2D eigenvalue weighted by Crippen LogP contribution is -2.12. The molecular formula is C15H10N4O2. The van der Waals surface area contributed by atoms with Crippen molar-refractivity contribution < 1.29 is 4.92 Å². The van der Waals surface area contributed by atoms with E-state index in [1.165, 1.54) is 18.2 Å². The maximum Gasteiger partial charge on any atom is 0.292 e. The lowest BCUT2D eigenvalue weighted by Gasteiger charge is -2.19. The highest BCUT2D eigenvalue weighted by Crippen LogP contribution is 2.33. The minimum absolute atomic E-state index is 0.0983. The van der Waals surface area contributed by atoms with Gasteiger partial charge in [0.15, 0.2) is 0 Å². The molecule has 0 radical (unpaired) electrons. The molecule has 0 atom stereocenters. The molecule has 6 heteroatoms. The van der Waals surface area contributed by atoms with Gasteiger partial charge in [-0.25, -0.2) is 0 Å². The number of nitriles is 2. The summed E-state index contributed by atoms with van der Waals surface area (Å²) in [5.41, 5.74) is 1.62. The fraction of sp³-hybridized carbons (Fsp3) is 0.0667. The number of nitro groups is 1. The smallest absolute Gasteiger partial charge is 0.292 e. The van der Waals surface area contributed by atoms with Crippen LogP contribution in [0.2, 0.25) is 0 Å². The second-order valence-electron chi connectivity index (χ2n) is 4.29. The zero-order chi connectivity index (χ0) is 15.4. The number of nitro benzene ring substituents is 1. The third-order valence-electron chi connectivity index (χ3n) is 3.03. The van der Waals surface area contributed by atoms with E-state index in [0.29, 0.717) is 22.5 Å². The van der Waals surface area contributed by atoms with Gasteiger partial charge in [0.05, 0.1) is 28.2 Å². The Morgan fingerprint density at radius 2 is 1.76 bits per heavy atom. The van der Waals surface area contributed by atoms with Gasteiger partial charge in [-0.15, -0.1) is 0 Å². The van der Waals surface area contributed by atoms with Crippen LogP contribution in [0.3, 0.4) is 0 Å². The molecule has 2 rings (SSSR count). The van der Waals surface area contributed by atoms with Gasteiger partial charge in [-0.2, -0.15) is 10.5 Å². The van der Waals surface area contributed by atoms with Gasteiger partial charge in [0, 0.05) is 18.8 Å². The number of rotatable bonds is 3. The van der Waals surface area contributed by atoms with Gasteiger partial charge in [0.2, 0.25) is 0 Å². The first-order chi connectivity index (χ1) is 10.1. The molecule has 2 aromatic rings. The Hall–Kier alpha value is -3.38. The molecule has 0 spiro atoms. The molecule has 0 heterocycles. The van der Waals surface area contributed by atoms with Gasteiger partial charge in [0.1, 0.15) is 5.69 Å². The second-order valence-corrected chi connectivity index (χ2v) is 4.29. The van der Waals surface area contributed by atoms with Gasteiger partial charge < -0.3 is 4.90 Å². The summed E-state index contributed by atoms with van der Waals surface area (Å²) in [7, 11) is 1.65. The Bertz CT molecular complexity index is 787. The SMILES string of the molecule is CN(c1cccc(C#N)c1)c1cc(C#N)ccc1[N+](=O)[O-]. The molecular weight excluding hydrogens is 268 g/mol. The van der Waals surface area contributed by atoms with Crippen molar-refractivity contribution in [1.82, 2.24) is 0 Å². The maximum absolute atomic E-state index is 11.1. The quantitative estimate of drug-likeness (QED) is 0.635. The van der Waals surface area contributed by atoms with Crippen molar-refractivity contribution in [2.75, 3.05) is 11.9 Å². The van der Waals surface area contributed by atoms with Crippen LogP contribution >= 0.6 is 0 Å².